The lowest BCUT2D eigenvalue weighted by atomic mass is 10.0. The molecule has 0 aliphatic heterocycles. The standard InChI is InChI=1S/C29H48N2O5/c1-2-3-4-5-6-7-8-9-10-11-12-16-21-26(28(31)33)36-29(34)25(30)20-17-22-27(32)35-23-24-18-14-13-15-19-24/h13-15,18-19,25-26H,2-12,16-17,20-23,30H2,1H3,(H2,31,33)/t25-,26?/m1/s1. The maximum absolute atomic E-state index is 12.3. The second-order valence-electron chi connectivity index (χ2n) is 9.65. The molecular formula is C29H48N2O5. The highest BCUT2D eigenvalue weighted by atomic mass is 16.5. The highest BCUT2D eigenvalue weighted by molar-refractivity contribution is 5.83. The van der Waals surface area contributed by atoms with Gasteiger partial charge in [-0.3, -0.25) is 14.4 Å². The number of carbonyl (C=O) groups excluding carboxylic acids is 3. The third-order valence-corrected chi connectivity index (χ3v) is 6.34. The van der Waals surface area contributed by atoms with E-state index in [1.807, 2.05) is 30.3 Å². The number of carbonyl (C=O) groups is 3. The largest absolute Gasteiger partial charge is 0.461 e. The number of ether oxygens (including phenoxy) is 2. The minimum Gasteiger partial charge on any atom is -0.461 e. The SMILES string of the molecule is CCCCCCCCCCCCCCC(OC(=O)[C@H](N)CCCC(=O)OCc1ccccc1)C(N)=O. The summed E-state index contributed by atoms with van der Waals surface area (Å²) in [6.07, 6.45) is 14.9. The summed E-state index contributed by atoms with van der Waals surface area (Å²) >= 11 is 0. The molecule has 0 bridgehead atoms. The zero-order chi connectivity index (χ0) is 26.4. The average Bonchev–Trinajstić information content (AvgIpc) is 2.87. The number of hydrogen-bond donors (Lipinski definition) is 2. The van der Waals surface area contributed by atoms with Gasteiger partial charge in [-0.1, -0.05) is 108 Å². The van der Waals surface area contributed by atoms with Gasteiger partial charge in [-0.15, -0.1) is 0 Å². The van der Waals surface area contributed by atoms with Crippen molar-refractivity contribution in [2.24, 2.45) is 11.5 Å². The van der Waals surface area contributed by atoms with E-state index in [0.717, 1.165) is 24.8 Å². The Morgan fingerprint density at radius 1 is 0.778 bits per heavy atom. The number of amides is 1. The van der Waals surface area contributed by atoms with Crippen LogP contribution in [-0.2, 0) is 30.5 Å². The molecule has 1 unspecified atom stereocenters. The Hall–Kier alpha value is -2.41. The Kier molecular flexibility index (Phi) is 18.2. The van der Waals surface area contributed by atoms with E-state index in [4.69, 9.17) is 20.9 Å². The summed E-state index contributed by atoms with van der Waals surface area (Å²) in [6.45, 7) is 2.45. The summed E-state index contributed by atoms with van der Waals surface area (Å²) < 4.78 is 10.5. The molecular weight excluding hydrogens is 456 g/mol. The minimum absolute atomic E-state index is 0.159. The van der Waals surface area contributed by atoms with Gasteiger partial charge in [0, 0.05) is 6.42 Å². The van der Waals surface area contributed by atoms with Crippen molar-refractivity contribution in [1.82, 2.24) is 0 Å². The zero-order valence-electron chi connectivity index (χ0n) is 22.3. The van der Waals surface area contributed by atoms with Crippen molar-refractivity contribution in [2.45, 2.75) is 128 Å². The van der Waals surface area contributed by atoms with Crippen molar-refractivity contribution in [3.05, 3.63) is 35.9 Å². The molecule has 1 rings (SSSR count). The van der Waals surface area contributed by atoms with Crippen LogP contribution in [0.5, 0.6) is 0 Å². The van der Waals surface area contributed by atoms with Crippen molar-refractivity contribution in [3.8, 4) is 0 Å². The van der Waals surface area contributed by atoms with E-state index >= 15 is 0 Å². The summed E-state index contributed by atoms with van der Waals surface area (Å²) in [6, 6.07) is 8.51. The second-order valence-corrected chi connectivity index (χ2v) is 9.65. The van der Waals surface area contributed by atoms with Gasteiger partial charge in [-0.25, -0.2) is 0 Å². The highest BCUT2D eigenvalue weighted by Crippen LogP contribution is 2.14. The number of hydrogen-bond acceptors (Lipinski definition) is 6. The van der Waals surface area contributed by atoms with E-state index in [-0.39, 0.29) is 25.4 Å². The molecule has 0 radical (unpaired) electrons. The first-order chi connectivity index (χ1) is 17.4. The first-order valence-electron chi connectivity index (χ1n) is 13.9. The Morgan fingerprint density at radius 3 is 1.89 bits per heavy atom. The summed E-state index contributed by atoms with van der Waals surface area (Å²) in [5, 5.41) is 0. The topological polar surface area (TPSA) is 122 Å². The summed E-state index contributed by atoms with van der Waals surface area (Å²) in [5.74, 6) is -1.65. The minimum atomic E-state index is -0.956. The van der Waals surface area contributed by atoms with E-state index in [1.54, 1.807) is 0 Å². The van der Waals surface area contributed by atoms with Crippen molar-refractivity contribution in [1.29, 1.82) is 0 Å². The van der Waals surface area contributed by atoms with Gasteiger partial charge >= 0.3 is 11.9 Å². The third-order valence-electron chi connectivity index (χ3n) is 6.34. The van der Waals surface area contributed by atoms with Crippen LogP contribution < -0.4 is 11.5 Å². The number of rotatable bonds is 22. The molecule has 7 heteroatoms. The molecule has 0 saturated carbocycles. The van der Waals surface area contributed by atoms with Crippen LogP contribution in [0.2, 0.25) is 0 Å². The van der Waals surface area contributed by atoms with E-state index in [0.29, 0.717) is 12.8 Å². The first-order valence-corrected chi connectivity index (χ1v) is 13.9. The Labute approximate surface area is 217 Å². The molecule has 1 aromatic rings. The van der Waals surface area contributed by atoms with E-state index in [9.17, 15) is 14.4 Å². The predicted molar refractivity (Wildman–Crippen MR) is 143 cm³/mol. The molecule has 0 heterocycles. The molecule has 0 aliphatic carbocycles. The fourth-order valence-electron chi connectivity index (χ4n) is 4.05. The van der Waals surface area contributed by atoms with Crippen molar-refractivity contribution in [2.75, 3.05) is 0 Å². The number of benzene rings is 1. The maximum Gasteiger partial charge on any atom is 0.323 e. The van der Waals surface area contributed by atoms with Gasteiger partial charge < -0.3 is 20.9 Å². The van der Waals surface area contributed by atoms with Crippen LogP contribution in [0.1, 0.15) is 115 Å². The molecule has 0 fully saturated rings. The van der Waals surface area contributed by atoms with Crippen LogP contribution >= 0.6 is 0 Å². The van der Waals surface area contributed by atoms with E-state index in [1.165, 1.54) is 57.8 Å². The van der Waals surface area contributed by atoms with Crippen LogP contribution in [0.25, 0.3) is 0 Å². The lowest BCUT2D eigenvalue weighted by Gasteiger charge is -2.17. The second kappa shape index (κ2) is 20.7. The van der Waals surface area contributed by atoms with Crippen LogP contribution in [0.3, 0.4) is 0 Å². The molecule has 0 saturated heterocycles. The van der Waals surface area contributed by atoms with Gasteiger partial charge in [0.05, 0.1) is 0 Å². The molecule has 7 nitrogen and oxygen atoms in total. The van der Waals surface area contributed by atoms with Crippen LogP contribution in [0.15, 0.2) is 30.3 Å². The Morgan fingerprint density at radius 2 is 1.33 bits per heavy atom. The molecule has 0 aliphatic rings. The molecule has 2 atom stereocenters. The zero-order valence-corrected chi connectivity index (χ0v) is 22.3. The lowest BCUT2D eigenvalue weighted by Crippen LogP contribution is -2.40. The first kappa shape index (κ1) is 31.6. The third kappa shape index (κ3) is 16.3. The highest BCUT2D eigenvalue weighted by Gasteiger charge is 2.24. The van der Waals surface area contributed by atoms with Gasteiger partial charge in [-0.05, 0) is 31.2 Å². The number of primary amides is 1. The fourth-order valence-corrected chi connectivity index (χ4v) is 4.05. The fraction of sp³-hybridized carbons (Fsp3) is 0.690. The van der Waals surface area contributed by atoms with Crippen LogP contribution in [-0.4, -0.2) is 30.0 Å². The lowest BCUT2D eigenvalue weighted by molar-refractivity contribution is -0.157. The monoisotopic (exact) mass is 504 g/mol. The predicted octanol–water partition coefficient (Wildman–Crippen LogP) is 5.72. The van der Waals surface area contributed by atoms with Crippen molar-refractivity contribution >= 4 is 17.8 Å². The quantitative estimate of drug-likeness (QED) is 0.154. The summed E-state index contributed by atoms with van der Waals surface area (Å²) in [5.41, 5.74) is 12.2. The molecule has 0 aromatic heterocycles. The van der Waals surface area contributed by atoms with E-state index in [2.05, 4.69) is 6.92 Å². The van der Waals surface area contributed by atoms with Crippen LogP contribution in [0, 0.1) is 0 Å². The summed E-state index contributed by atoms with van der Waals surface area (Å²) in [4.78, 5) is 35.9. The van der Waals surface area contributed by atoms with Crippen LogP contribution in [0.4, 0.5) is 0 Å². The number of nitrogens with two attached hydrogens (primary N) is 2. The normalized spacial score (nSPS) is 12.6. The molecule has 0 spiro atoms. The van der Waals surface area contributed by atoms with Crippen molar-refractivity contribution in [3.63, 3.8) is 0 Å². The molecule has 1 amide bonds. The Bertz CT molecular complexity index is 726. The number of esters is 2. The van der Waals surface area contributed by atoms with Gasteiger partial charge in [0.1, 0.15) is 12.6 Å². The van der Waals surface area contributed by atoms with Gasteiger partial charge in [0.25, 0.3) is 5.91 Å². The molecule has 204 valence electrons. The van der Waals surface area contributed by atoms with Gasteiger partial charge in [0.15, 0.2) is 6.10 Å². The smallest absolute Gasteiger partial charge is 0.323 e. The van der Waals surface area contributed by atoms with E-state index < -0.39 is 24.0 Å². The summed E-state index contributed by atoms with van der Waals surface area (Å²) in [7, 11) is 0. The van der Waals surface area contributed by atoms with Gasteiger partial charge in [-0.2, -0.15) is 0 Å². The molecule has 1 aromatic carbocycles. The number of unbranched alkanes of at least 4 members (excludes halogenated alkanes) is 11. The Balaban J connectivity index is 2.11. The molecule has 36 heavy (non-hydrogen) atoms. The maximum atomic E-state index is 12.3. The average molecular weight is 505 g/mol. The van der Waals surface area contributed by atoms with Gasteiger partial charge in [0.2, 0.25) is 0 Å². The molecule has 4 N–H and O–H groups in total. The van der Waals surface area contributed by atoms with Crippen molar-refractivity contribution < 1.29 is 23.9 Å².